The third-order valence-electron chi connectivity index (χ3n) is 3.81. The van der Waals surface area contributed by atoms with E-state index >= 15 is 0 Å². The zero-order valence-corrected chi connectivity index (χ0v) is 15.5. The quantitative estimate of drug-likeness (QED) is 0.719. The van der Waals surface area contributed by atoms with Crippen LogP contribution in [0.2, 0.25) is 10.0 Å². The minimum absolute atomic E-state index is 0.107. The summed E-state index contributed by atoms with van der Waals surface area (Å²) in [6.45, 7) is 0.417. The number of hydrogen-bond acceptors (Lipinski definition) is 3. The van der Waals surface area contributed by atoms with Gasteiger partial charge in [-0.3, -0.25) is 9.69 Å². The number of hydrogen-bond donors (Lipinski definition) is 0. The number of anilines is 1. The molecule has 0 spiro atoms. The third-order valence-corrected chi connectivity index (χ3v) is 4.90. The van der Waals surface area contributed by atoms with E-state index in [4.69, 9.17) is 40.2 Å². The summed E-state index contributed by atoms with van der Waals surface area (Å²) in [5, 5.41) is 1.02. The molecule has 2 aromatic rings. The van der Waals surface area contributed by atoms with Gasteiger partial charge in [0.2, 0.25) is 0 Å². The lowest BCUT2D eigenvalue weighted by atomic mass is 10.2. The SMILES string of the molecule is COc1ccc(N2C(=O)CN(Cc3ccc(F)cc3Cl)C2=S)cc1Cl. The van der Waals surface area contributed by atoms with Gasteiger partial charge in [0.1, 0.15) is 18.1 Å². The summed E-state index contributed by atoms with van der Waals surface area (Å²) in [5.41, 5.74) is 1.25. The first-order chi connectivity index (χ1) is 11.9. The summed E-state index contributed by atoms with van der Waals surface area (Å²) in [6, 6.07) is 9.15. The van der Waals surface area contributed by atoms with Gasteiger partial charge in [-0.2, -0.15) is 0 Å². The highest BCUT2D eigenvalue weighted by Crippen LogP contribution is 2.32. The minimum atomic E-state index is -0.414. The van der Waals surface area contributed by atoms with Crippen molar-refractivity contribution in [3.63, 3.8) is 0 Å². The molecule has 0 atom stereocenters. The van der Waals surface area contributed by atoms with Crippen LogP contribution in [0.5, 0.6) is 5.75 Å². The zero-order valence-electron chi connectivity index (χ0n) is 13.1. The molecule has 4 nitrogen and oxygen atoms in total. The van der Waals surface area contributed by atoms with E-state index in [1.54, 1.807) is 29.2 Å². The van der Waals surface area contributed by atoms with E-state index < -0.39 is 5.82 Å². The van der Waals surface area contributed by atoms with Gasteiger partial charge in [0.15, 0.2) is 5.11 Å². The van der Waals surface area contributed by atoms with E-state index in [0.717, 1.165) is 0 Å². The van der Waals surface area contributed by atoms with Crippen molar-refractivity contribution in [2.24, 2.45) is 0 Å². The summed E-state index contributed by atoms with van der Waals surface area (Å²) in [7, 11) is 1.51. The standard InChI is InChI=1S/C17H13Cl2FN2O2S/c1-24-15-5-4-12(7-14(15)19)22-16(23)9-21(17(22)25)8-10-2-3-11(20)6-13(10)18/h2-7H,8-9H2,1H3. The van der Waals surface area contributed by atoms with Crippen LogP contribution in [-0.2, 0) is 11.3 Å². The van der Waals surface area contributed by atoms with Crippen LogP contribution in [0.4, 0.5) is 10.1 Å². The molecule has 0 radical (unpaired) electrons. The topological polar surface area (TPSA) is 32.8 Å². The third kappa shape index (κ3) is 3.56. The largest absolute Gasteiger partial charge is 0.495 e. The van der Waals surface area contributed by atoms with Crippen molar-refractivity contribution in [3.05, 3.63) is 57.8 Å². The molecule has 1 amide bonds. The summed E-state index contributed by atoms with van der Waals surface area (Å²) in [6.07, 6.45) is 0. The molecule has 0 aromatic heterocycles. The van der Waals surface area contributed by atoms with Gasteiger partial charge in [0, 0.05) is 11.6 Å². The Balaban J connectivity index is 1.83. The number of ether oxygens (including phenoxy) is 1. The van der Waals surface area contributed by atoms with Crippen molar-refractivity contribution in [1.29, 1.82) is 0 Å². The van der Waals surface area contributed by atoms with Crippen molar-refractivity contribution < 1.29 is 13.9 Å². The molecule has 8 heteroatoms. The van der Waals surface area contributed by atoms with E-state index in [-0.39, 0.29) is 12.5 Å². The smallest absolute Gasteiger partial charge is 0.252 e. The van der Waals surface area contributed by atoms with Crippen molar-refractivity contribution in [1.82, 2.24) is 4.90 Å². The summed E-state index contributed by atoms with van der Waals surface area (Å²) >= 11 is 17.6. The molecule has 25 heavy (non-hydrogen) atoms. The van der Waals surface area contributed by atoms with Crippen molar-refractivity contribution in [2.75, 3.05) is 18.6 Å². The first-order valence-corrected chi connectivity index (χ1v) is 8.46. The summed E-state index contributed by atoms with van der Waals surface area (Å²) in [5.74, 6) is -0.0780. The maximum atomic E-state index is 13.2. The molecule has 0 bridgehead atoms. The second-order valence-electron chi connectivity index (χ2n) is 5.42. The normalized spacial score (nSPS) is 14.4. The zero-order chi connectivity index (χ0) is 18.1. The maximum Gasteiger partial charge on any atom is 0.252 e. The van der Waals surface area contributed by atoms with Gasteiger partial charge in [-0.1, -0.05) is 29.3 Å². The molecule has 1 aliphatic heterocycles. The lowest BCUT2D eigenvalue weighted by molar-refractivity contribution is -0.116. The van der Waals surface area contributed by atoms with E-state index in [0.29, 0.717) is 38.7 Å². The van der Waals surface area contributed by atoms with Crippen LogP contribution in [0.15, 0.2) is 36.4 Å². The van der Waals surface area contributed by atoms with Gasteiger partial charge in [0.05, 0.1) is 17.8 Å². The van der Waals surface area contributed by atoms with E-state index in [2.05, 4.69) is 0 Å². The van der Waals surface area contributed by atoms with Gasteiger partial charge in [-0.25, -0.2) is 4.39 Å². The molecule has 1 aliphatic rings. The fourth-order valence-corrected chi connectivity index (χ4v) is 3.39. The Bertz CT molecular complexity index is 863. The molecule has 1 saturated heterocycles. The first kappa shape index (κ1) is 17.9. The van der Waals surface area contributed by atoms with Gasteiger partial charge in [0.25, 0.3) is 5.91 Å². The second-order valence-corrected chi connectivity index (χ2v) is 6.60. The highest BCUT2D eigenvalue weighted by molar-refractivity contribution is 7.80. The Hall–Kier alpha value is -1.89. The van der Waals surface area contributed by atoms with Crippen LogP contribution in [0, 0.1) is 5.82 Å². The molecular weight excluding hydrogens is 386 g/mol. The average molecular weight is 399 g/mol. The van der Waals surface area contributed by atoms with Crippen LogP contribution in [-0.4, -0.2) is 29.6 Å². The average Bonchev–Trinajstić information content (AvgIpc) is 2.84. The number of halogens is 3. The minimum Gasteiger partial charge on any atom is -0.495 e. The number of amides is 1. The lowest BCUT2D eigenvalue weighted by Gasteiger charge is -2.21. The van der Waals surface area contributed by atoms with Crippen LogP contribution in [0.3, 0.4) is 0 Å². The van der Waals surface area contributed by atoms with Gasteiger partial charge < -0.3 is 9.64 Å². The Morgan fingerprint density at radius 3 is 2.60 bits per heavy atom. The Morgan fingerprint density at radius 1 is 1.20 bits per heavy atom. The van der Waals surface area contributed by atoms with Crippen LogP contribution in [0.1, 0.15) is 5.56 Å². The van der Waals surface area contributed by atoms with Gasteiger partial charge in [-0.05, 0) is 48.1 Å². The van der Waals surface area contributed by atoms with Crippen molar-refractivity contribution >= 4 is 52.1 Å². The predicted molar refractivity (Wildman–Crippen MR) is 99.9 cm³/mol. The molecule has 3 rings (SSSR count). The van der Waals surface area contributed by atoms with Gasteiger partial charge in [-0.15, -0.1) is 0 Å². The molecule has 130 valence electrons. The van der Waals surface area contributed by atoms with Crippen molar-refractivity contribution in [2.45, 2.75) is 6.54 Å². The van der Waals surface area contributed by atoms with Crippen LogP contribution < -0.4 is 9.64 Å². The van der Waals surface area contributed by atoms with E-state index in [1.165, 1.54) is 24.1 Å². The van der Waals surface area contributed by atoms with E-state index in [9.17, 15) is 9.18 Å². The number of methoxy groups -OCH3 is 1. The molecule has 0 saturated carbocycles. The number of carbonyl (C=O) groups is 1. The predicted octanol–water partition coefficient (Wildman–Crippen LogP) is 4.27. The molecule has 0 aliphatic carbocycles. The molecule has 1 fully saturated rings. The number of thiocarbonyl (C=S) groups is 1. The monoisotopic (exact) mass is 398 g/mol. The van der Waals surface area contributed by atoms with Crippen LogP contribution in [0.25, 0.3) is 0 Å². The Kier molecular flexibility index (Phi) is 5.13. The fraction of sp³-hybridized carbons (Fsp3) is 0.176. The van der Waals surface area contributed by atoms with Crippen LogP contribution >= 0.6 is 35.4 Å². The molecular formula is C17H13Cl2FN2O2S. The summed E-state index contributed by atoms with van der Waals surface area (Å²) < 4.78 is 18.3. The maximum absolute atomic E-state index is 13.2. The lowest BCUT2D eigenvalue weighted by Crippen LogP contribution is -2.32. The van der Waals surface area contributed by atoms with Crippen molar-refractivity contribution in [3.8, 4) is 5.75 Å². The number of carbonyl (C=O) groups excluding carboxylic acids is 1. The summed E-state index contributed by atoms with van der Waals surface area (Å²) in [4.78, 5) is 15.5. The number of rotatable bonds is 4. The number of benzene rings is 2. The highest BCUT2D eigenvalue weighted by atomic mass is 35.5. The van der Waals surface area contributed by atoms with Gasteiger partial charge >= 0.3 is 0 Å². The Morgan fingerprint density at radius 2 is 1.96 bits per heavy atom. The molecule has 0 N–H and O–H groups in total. The second kappa shape index (κ2) is 7.15. The Labute approximate surface area is 159 Å². The van der Waals surface area contributed by atoms with E-state index in [1.807, 2.05) is 0 Å². The first-order valence-electron chi connectivity index (χ1n) is 7.30. The highest BCUT2D eigenvalue weighted by Gasteiger charge is 2.34. The molecule has 2 aromatic carbocycles. The number of nitrogens with zero attached hydrogens (tertiary/aromatic N) is 2. The molecule has 1 heterocycles. The molecule has 0 unspecified atom stereocenters. The fourth-order valence-electron chi connectivity index (χ4n) is 2.58.